The van der Waals surface area contributed by atoms with Gasteiger partial charge in [0.2, 0.25) is 15.9 Å². The molecule has 0 spiro atoms. The third-order valence-electron chi connectivity index (χ3n) is 5.14. The predicted octanol–water partition coefficient (Wildman–Crippen LogP) is 3.20. The lowest BCUT2D eigenvalue weighted by Gasteiger charge is -2.21. The second kappa shape index (κ2) is 9.76. The molecule has 0 saturated heterocycles. The van der Waals surface area contributed by atoms with E-state index in [0.29, 0.717) is 28.9 Å². The van der Waals surface area contributed by atoms with Gasteiger partial charge in [0.25, 0.3) is 0 Å². The van der Waals surface area contributed by atoms with E-state index in [1.165, 1.54) is 37.1 Å². The first-order valence-corrected chi connectivity index (χ1v) is 12.4. The van der Waals surface area contributed by atoms with Crippen molar-refractivity contribution in [2.24, 2.45) is 5.14 Å². The molecule has 1 aromatic carbocycles. The van der Waals surface area contributed by atoms with Crippen LogP contribution < -0.4 is 10.5 Å². The highest BCUT2D eigenvalue weighted by atomic mass is 32.2. The van der Waals surface area contributed by atoms with E-state index in [-0.39, 0.29) is 16.6 Å². The summed E-state index contributed by atoms with van der Waals surface area (Å²) in [6.45, 7) is 6.07. The van der Waals surface area contributed by atoms with Crippen molar-refractivity contribution >= 4 is 33.4 Å². The maximum absolute atomic E-state index is 12.4. The van der Waals surface area contributed by atoms with Crippen LogP contribution in [0.25, 0.3) is 0 Å². The number of hydrogen-bond acceptors (Lipinski definition) is 6. The fourth-order valence-electron chi connectivity index (χ4n) is 3.68. The molecule has 1 aromatic heterocycles. The number of nitrogens with two attached hydrogens (primary N) is 1. The molecular weight excluding hydrogens is 422 g/mol. The molecule has 1 saturated carbocycles. The molecule has 0 radical (unpaired) electrons. The van der Waals surface area contributed by atoms with Gasteiger partial charge in [-0.25, -0.2) is 13.6 Å². The number of sulfonamides is 1. The Morgan fingerprint density at radius 1 is 1.33 bits per heavy atom. The molecule has 0 atom stereocenters. The summed E-state index contributed by atoms with van der Waals surface area (Å²) in [5.41, 5.74) is 0.906. The standard InChI is InChI=1S/C20H27N5O3S2/c1-3-11-25-19(15-7-5-4-6-8-15)23-24-20(25)29-13-18(26)22-16-10-9-14(2)17(12-16)30(21,27)28/h3,9-10,12,15H,1,4-8,11,13H2,2H3,(H,22,26)(H2,21,27,28). The van der Waals surface area contributed by atoms with E-state index < -0.39 is 10.0 Å². The Kier molecular flexibility index (Phi) is 7.32. The highest BCUT2D eigenvalue weighted by Crippen LogP contribution is 2.33. The molecule has 2 aromatic rings. The first-order chi connectivity index (χ1) is 14.3. The number of thioether (sulfide) groups is 1. The lowest BCUT2D eigenvalue weighted by atomic mass is 9.89. The smallest absolute Gasteiger partial charge is 0.238 e. The highest BCUT2D eigenvalue weighted by molar-refractivity contribution is 7.99. The van der Waals surface area contributed by atoms with Gasteiger partial charge in [-0.1, -0.05) is 43.2 Å². The van der Waals surface area contributed by atoms with Gasteiger partial charge in [-0.2, -0.15) is 0 Å². The number of allylic oxidation sites excluding steroid dienone is 1. The van der Waals surface area contributed by atoms with Gasteiger partial charge in [0.15, 0.2) is 5.16 Å². The molecule has 30 heavy (non-hydrogen) atoms. The Bertz CT molecular complexity index is 1030. The van der Waals surface area contributed by atoms with Gasteiger partial charge in [-0.05, 0) is 37.5 Å². The number of primary sulfonamides is 1. The van der Waals surface area contributed by atoms with Crippen molar-refractivity contribution in [1.82, 2.24) is 14.8 Å². The van der Waals surface area contributed by atoms with E-state index in [2.05, 4.69) is 22.1 Å². The maximum Gasteiger partial charge on any atom is 0.238 e. The molecule has 1 aliphatic rings. The van der Waals surface area contributed by atoms with Crippen LogP contribution in [0.15, 0.2) is 40.9 Å². The third-order valence-corrected chi connectivity index (χ3v) is 7.16. The van der Waals surface area contributed by atoms with E-state index >= 15 is 0 Å². The summed E-state index contributed by atoms with van der Waals surface area (Å²) in [5.74, 6) is 1.22. The molecular formula is C20H27N5O3S2. The number of rotatable bonds is 8. The van der Waals surface area contributed by atoms with E-state index in [4.69, 9.17) is 5.14 Å². The minimum Gasteiger partial charge on any atom is -0.325 e. The van der Waals surface area contributed by atoms with Crippen molar-refractivity contribution in [2.75, 3.05) is 11.1 Å². The molecule has 1 heterocycles. The number of nitrogens with one attached hydrogen (secondary N) is 1. The van der Waals surface area contributed by atoms with Gasteiger partial charge in [0.1, 0.15) is 5.82 Å². The molecule has 162 valence electrons. The van der Waals surface area contributed by atoms with Crippen LogP contribution >= 0.6 is 11.8 Å². The van der Waals surface area contributed by atoms with Crippen LogP contribution in [0.2, 0.25) is 0 Å². The predicted molar refractivity (Wildman–Crippen MR) is 118 cm³/mol. The van der Waals surface area contributed by atoms with Gasteiger partial charge in [0, 0.05) is 18.2 Å². The van der Waals surface area contributed by atoms with Gasteiger partial charge >= 0.3 is 0 Å². The zero-order chi connectivity index (χ0) is 21.7. The summed E-state index contributed by atoms with van der Waals surface area (Å²) in [5, 5.41) is 17.3. The van der Waals surface area contributed by atoms with Crippen LogP contribution in [0.5, 0.6) is 0 Å². The fourth-order valence-corrected chi connectivity index (χ4v) is 5.24. The van der Waals surface area contributed by atoms with Crippen molar-refractivity contribution in [3.8, 4) is 0 Å². The molecule has 8 nitrogen and oxygen atoms in total. The summed E-state index contributed by atoms with van der Waals surface area (Å²) >= 11 is 1.30. The van der Waals surface area contributed by atoms with Crippen LogP contribution in [-0.4, -0.2) is 34.8 Å². The molecule has 0 unspecified atom stereocenters. The summed E-state index contributed by atoms with van der Waals surface area (Å²) in [7, 11) is -3.85. The first-order valence-electron chi connectivity index (χ1n) is 9.89. The Hall–Kier alpha value is -2.17. The zero-order valence-corrected chi connectivity index (χ0v) is 18.6. The molecule has 10 heteroatoms. The van der Waals surface area contributed by atoms with Crippen molar-refractivity contribution in [1.29, 1.82) is 0 Å². The summed E-state index contributed by atoms with van der Waals surface area (Å²) in [6.07, 6.45) is 7.70. The molecule has 1 fully saturated rings. The summed E-state index contributed by atoms with van der Waals surface area (Å²) < 4.78 is 25.4. The average molecular weight is 450 g/mol. The second-order valence-electron chi connectivity index (χ2n) is 7.44. The summed E-state index contributed by atoms with van der Waals surface area (Å²) in [6, 6.07) is 4.63. The number of anilines is 1. The Morgan fingerprint density at radius 2 is 2.07 bits per heavy atom. The topological polar surface area (TPSA) is 120 Å². The average Bonchev–Trinajstić information content (AvgIpc) is 3.10. The number of nitrogens with zero attached hydrogens (tertiary/aromatic N) is 3. The van der Waals surface area contributed by atoms with Crippen molar-refractivity contribution < 1.29 is 13.2 Å². The van der Waals surface area contributed by atoms with Crippen LogP contribution in [0.3, 0.4) is 0 Å². The monoisotopic (exact) mass is 449 g/mol. The maximum atomic E-state index is 12.4. The normalized spacial score (nSPS) is 15.1. The minimum atomic E-state index is -3.85. The lowest BCUT2D eigenvalue weighted by Crippen LogP contribution is -2.17. The van der Waals surface area contributed by atoms with E-state index in [1.807, 2.05) is 4.57 Å². The molecule has 1 aliphatic carbocycles. The lowest BCUT2D eigenvalue weighted by molar-refractivity contribution is -0.113. The van der Waals surface area contributed by atoms with Crippen LogP contribution in [0.1, 0.15) is 49.4 Å². The number of benzene rings is 1. The quantitative estimate of drug-likeness (QED) is 0.472. The van der Waals surface area contributed by atoms with Crippen molar-refractivity contribution in [3.05, 3.63) is 42.2 Å². The number of aromatic nitrogens is 3. The Balaban J connectivity index is 1.67. The third kappa shape index (κ3) is 5.50. The minimum absolute atomic E-state index is 0.00389. The number of carbonyl (C=O) groups is 1. The van der Waals surface area contributed by atoms with Gasteiger partial charge in [-0.3, -0.25) is 4.79 Å². The van der Waals surface area contributed by atoms with Gasteiger partial charge < -0.3 is 9.88 Å². The van der Waals surface area contributed by atoms with Crippen LogP contribution in [-0.2, 0) is 21.4 Å². The number of carbonyl (C=O) groups excluding carboxylic acids is 1. The fraction of sp³-hybridized carbons (Fsp3) is 0.450. The number of aryl methyl sites for hydroxylation is 1. The Labute approximate surface area is 181 Å². The molecule has 0 bridgehead atoms. The van der Waals surface area contributed by atoms with Crippen LogP contribution in [0.4, 0.5) is 5.69 Å². The molecule has 0 aliphatic heterocycles. The SMILES string of the molecule is C=CCn1c(SCC(=O)Nc2ccc(C)c(S(N)(=O)=O)c2)nnc1C1CCCCC1. The van der Waals surface area contributed by atoms with E-state index in [9.17, 15) is 13.2 Å². The molecule has 3 rings (SSSR count). The van der Waals surface area contributed by atoms with Gasteiger partial charge in [0.05, 0.1) is 10.6 Å². The second-order valence-corrected chi connectivity index (χ2v) is 9.91. The van der Waals surface area contributed by atoms with Crippen LogP contribution in [0, 0.1) is 6.92 Å². The highest BCUT2D eigenvalue weighted by Gasteiger charge is 2.23. The largest absolute Gasteiger partial charge is 0.325 e. The number of amides is 1. The van der Waals surface area contributed by atoms with E-state index in [0.717, 1.165) is 18.7 Å². The summed E-state index contributed by atoms with van der Waals surface area (Å²) in [4.78, 5) is 12.4. The molecule has 3 N–H and O–H groups in total. The first kappa shape index (κ1) is 22.5. The number of hydrogen-bond donors (Lipinski definition) is 2. The van der Waals surface area contributed by atoms with Crippen molar-refractivity contribution in [3.63, 3.8) is 0 Å². The Morgan fingerprint density at radius 3 is 2.73 bits per heavy atom. The zero-order valence-electron chi connectivity index (χ0n) is 17.0. The van der Waals surface area contributed by atoms with Crippen molar-refractivity contribution in [2.45, 2.75) is 61.5 Å². The molecule has 1 amide bonds. The van der Waals surface area contributed by atoms with Gasteiger partial charge in [-0.15, -0.1) is 16.8 Å². The van der Waals surface area contributed by atoms with E-state index in [1.54, 1.807) is 25.1 Å².